The third-order valence-corrected chi connectivity index (χ3v) is 7.46. The first-order chi connectivity index (χ1) is 17.8. The average molecular weight is 529 g/mol. The normalized spacial score (nSPS) is 18.7. The molecule has 4 rings (SSSR count). The molecule has 1 fully saturated rings. The Morgan fingerprint density at radius 1 is 1.22 bits per heavy atom. The molecule has 1 aromatic carbocycles. The maximum Gasteiger partial charge on any atom is 0.161 e. The number of hydrogen-bond acceptors (Lipinski definition) is 8. The summed E-state index contributed by atoms with van der Waals surface area (Å²) in [5, 5.41) is 17.7. The van der Waals surface area contributed by atoms with Gasteiger partial charge >= 0.3 is 0 Å². The van der Waals surface area contributed by atoms with E-state index in [4.69, 9.17) is 35.6 Å². The molecule has 2 heterocycles. The zero-order chi connectivity index (χ0) is 26.5. The number of hydrogen-bond donors (Lipinski definition) is 2. The summed E-state index contributed by atoms with van der Waals surface area (Å²) in [5.74, 6) is 2.32. The first-order valence-electron chi connectivity index (χ1n) is 12.9. The molecule has 0 amide bonds. The Balaban J connectivity index is 1.75. The molecule has 8 nitrogen and oxygen atoms in total. The smallest absolute Gasteiger partial charge is 0.161 e. The van der Waals surface area contributed by atoms with Crippen molar-refractivity contribution in [3.05, 3.63) is 45.9 Å². The minimum atomic E-state index is -0.621. The van der Waals surface area contributed by atoms with Crippen molar-refractivity contribution in [2.24, 2.45) is 5.92 Å². The van der Waals surface area contributed by atoms with E-state index in [0.29, 0.717) is 40.7 Å². The minimum Gasteiger partial charge on any atom is -0.491 e. The second-order valence-corrected chi connectivity index (χ2v) is 10.3. The number of halogens is 1. The van der Waals surface area contributed by atoms with Gasteiger partial charge in [0.1, 0.15) is 24.2 Å². The van der Waals surface area contributed by atoms with Gasteiger partial charge in [0.05, 0.1) is 28.1 Å². The summed E-state index contributed by atoms with van der Waals surface area (Å²) in [6.07, 6.45) is 4.94. The fourth-order valence-electron chi connectivity index (χ4n) is 5.11. The van der Waals surface area contributed by atoms with Crippen LogP contribution in [0.1, 0.15) is 48.4 Å². The summed E-state index contributed by atoms with van der Waals surface area (Å²) in [7, 11) is 3.58. The fraction of sp³-hybridized carbons (Fsp3) is 0.536. The Kier molecular flexibility index (Phi) is 9.18. The van der Waals surface area contributed by atoms with Crippen LogP contribution in [-0.4, -0.2) is 59.7 Å². The van der Waals surface area contributed by atoms with Crippen LogP contribution >= 0.6 is 11.6 Å². The number of nitrogens with one attached hydrogen (secondary N) is 1. The number of methoxy groups -OCH3 is 1. The highest BCUT2D eigenvalue weighted by Crippen LogP contribution is 2.36. The zero-order valence-corrected chi connectivity index (χ0v) is 23.1. The van der Waals surface area contributed by atoms with Crippen LogP contribution in [0.15, 0.2) is 22.7 Å². The van der Waals surface area contributed by atoms with Crippen molar-refractivity contribution in [2.75, 3.05) is 27.3 Å². The van der Waals surface area contributed by atoms with Gasteiger partial charge in [-0.25, -0.2) is 9.97 Å². The molecular weight excluding hydrogens is 492 g/mol. The van der Waals surface area contributed by atoms with E-state index in [1.165, 1.54) is 0 Å². The lowest BCUT2D eigenvalue weighted by molar-refractivity contribution is 0.0506. The van der Waals surface area contributed by atoms with Gasteiger partial charge in [-0.3, -0.25) is 0 Å². The maximum atomic E-state index is 10.0. The number of aliphatic hydroxyl groups is 1. The number of nitrogens with zero attached hydrogens (tertiary/aromatic N) is 3. The molecule has 0 spiro atoms. The predicted octanol–water partition coefficient (Wildman–Crippen LogP) is 5.08. The third kappa shape index (κ3) is 6.49. The van der Waals surface area contributed by atoms with Gasteiger partial charge in [-0.1, -0.05) is 23.2 Å². The van der Waals surface area contributed by atoms with E-state index >= 15 is 0 Å². The largest absolute Gasteiger partial charge is 0.491 e. The first-order valence-corrected chi connectivity index (χ1v) is 13.3. The molecule has 0 bridgehead atoms. The first kappa shape index (κ1) is 27.5. The summed E-state index contributed by atoms with van der Waals surface area (Å²) in [6.45, 7) is 6.50. The van der Waals surface area contributed by atoms with Gasteiger partial charge in [-0.05, 0) is 83.2 Å². The number of aryl methyl sites for hydroxylation is 2. The number of ether oxygens (including phenoxy) is 2. The van der Waals surface area contributed by atoms with Gasteiger partial charge in [0.2, 0.25) is 0 Å². The predicted molar refractivity (Wildman–Crippen MR) is 144 cm³/mol. The molecule has 2 aromatic heterocycles. The summed E-state index contributed by atoms with van der Waals surface area (Å²) < 4.78 is 17.0. The number of aliphatic hydroxyl groups excluding tert-OH is 1. The molecule has 9 heteroatoms. The summed E-state index contributed by atoms with van der Waals surface area (Å²) in [4.78, 5) is 10.0. The molecule has 3 atom stereocenters. The van der Waals surface area contributed by atoms with Crippen LogP contribution in [0, 0.1) is 26.7 Å². The van der Waals surface area contributed by atoms with Crippen LogP contribution in [0.5, 0.6) is 5.75 Å². The molecule has 200 valence electrons. The van der Waals surface area contributed by atoms with Crippen molar-refractivity contribution in [2.45, 2.75) is 65.1 Å². The fourth-order valence-corrected chi connectivity index (χ4v) is 5.32. The number of aromatic nitrogens is 3. The van der Waals surface area contributed by atoms with Crippen molar-refractivity contribution >= 4 is 11.6 Å². The summed E-state index contributed by atoms with van der Waals surface area (Å²) in [6, 6.07) is 5.40. The van der Waals surface area contributed by atoms with Gasteiger partial charge in [-0.2, -0.15) is 0 Å². The molecule has 2 N–H and O–H groups in total. The number of rotatable bonds is 10. The van der Waals surface area contributed by atoms with Crippen LogP contribution < -0.4 is 10.1 Å². The molecule has 1 aliphatic carbocycles. The highest BCUT2D eigenvalue weighted by atomic mass is 35.5. The number of benzene rings is 1. The van der Waals surface area contributed by atoms with Crippen molar-refractivity contribution < 1.29 is 19.1 Å². The zero-order valence-electron chi connectivity index (χ0n) is 22.3. The summed E-state index contributed by atoms with van der Waals surface area (Å²) >= 11 is 6.66. The van der Waals surface area contributed by atoms with Gasteiger partial charge in [0.25, 0.3) is 0 Å². The topological polar surface area (TPSA) is 103 Å². The van der Waals surface area contributed by atoms with Crippen molar-refractivity contribution in [1.29, 1.82) is 0 Å². The molecular formula is C28H37ClN4O4. The van der Waals surface area contributed by atoms with Crippen molar-refractivity contribution in [1.82, 2.24) is 20.4 Å². The Labute approximate surface area is 223 Å². The van der Waals surface area contributed by atoms with E-state index in [1.807, 2.05) is 19.9 Å². The van der Waals surface area contributed by atoms with E-state index in [1.54, 1.807) is 26.3 Å². The SMILES string of the molecule is CNCC(O)COc1ccc(Cl)c(-c2nc(C[C@H]3CCC[C@@H](OC)C3)c(C)c(-c3c(C)noc3C)n2)c1. The van der Waals surface area contributed by atoms with Gasteiger partial charge in [-0.15, -0.1) is 0 Å². The molecule has 37 heavy (non-hydrogen) atoms. The molecule has 0 radical (unpaired) electrons. The average Bonchev–Trinajstić information content (AvgIpc) is 3.22. The minimum absolute atomic E-state index is 0.161. The van der Waals surface area contributed by atoms with Gasteiger partial charge in [0, 0.05) is 24.9 Å². The standard InChI is InChI=1S/C28H37ClN4O4/c1-16-25(12-19-7-6-8-21(11-19)35-5)31-28(32-27(16)26-17(2)33-37-18(26)3)23-13-22(9-10-24(23)29)36-15-20(34)14-30-4/h9-10,13,19-21,30,34H,6-8,11-12,14-15H2,1-5H3/t19-,20?,21+/m0/s1. The maximum absolute atomic E-state index is 10.0. The highest BCUT2D eigenvalue weighted by Gasteiger charge is 2.26. The second kappa shape index (κ2) is 12.3. The lowest BCUT2D eigenvalue weighted by atomic mass is 9.83. The van der Waals surface area contributed by atoms with Crippen LogP contribution in [0.2, 0.25) is 5.02 Å². The van der Waals surface area contributed by atoms with E-state index in [9.17, 15) is 5.11 Å². The number of likely N-dealkylation sites (N-methyl/N-ethyl adjacent to an activating group) is 1. The summed E-state index contributed by atoms with van der Waals surface area (Å²) in [5.41, 5.74) is 5.18. The van der Waals surface area contributed by atoms with Gasteiger partial charge < -0.3 is 24.4 Å². The monoisotopic (exact) mass is 528 g/mol. The van der Waals surface area contributed by atoms with Crippen molar-refractivity contribution in [3.8, 4) is 28.4 Å². The van der Waals surface area contributed by atoms with Crippen LogP contribution in [0.4, 0.5) is 0 Å². The quantitative estimate of drug-likeness (QED) is 0.375. The lowest BCUT2D eigenvalue weighted by Gasteiger charge is -2.28. The van der Waals surface area contributed by atoms with Crippen LogP contribution in [0.25, 0.3) is 22.6 Å². The Bertz CT molecular complexity index is 1200. The Morgan fingerprint density at radius 3 is 2.73 bits per heavy atom. The molecule has 1 saturated carbocycles. The molecule has 1 unspecified atom stereocenters. The second-order valence-electron chi connectivity index (χ2n) is 9.93. The third-order valence-electron chi connectivity index (χ3n) is 7.13. The van der Waals surface area contributed by atoms with Crippen LogP contribution in [0.3, 0.4) is 0 Å². The molecule has 3 aromatic rings. The highest BCUT2D eigenvalue weighted by molar-refractivity contribution is 6.33. The van der Waals surface area contributed by atoms with E-state index in [-0.39, 0.29) is 6.61 Å². The Hall–Kier alpha value is -2.52. The molecule has 0 saturated heterocycles. The van der Waals surface area contributed by atoms with E-state index in [2.05, 4.69) is 17.4 Å². The molecule has 0 aliphatic heterocycles. The van der Waals surface area contributed by atoms with Gasteiger partial charge in [0.15, 0.2) is 5.82 Å². The molecule has 1 aliphatic rings. The van der Waals surface area contributed by atoms with E-state index in [0.717, 1.165) is 66.1 Å². The van der Waals surface area contributed by atoms with E-state index < -0.39 is 6.10 Å². The lowest BCUT2D eigenvalue weighted by Crippen LogP contribution is -2.29. The van der Waals surface area contributed by atoms with Crippen molar-refractivity contribution in [3.63, 3.8) is 0 Å². The Morgan fingerprint density at radius 2 is 2.03 bits per heavy atom. The van der Waals surface area contributed by atoms with Crippen LogP contribution in [-0.2, 0) is 11.2 Å².